The topological polar surface area (TPSA) is 105 Å². The van der Waals surface area contributed by atoms with Crippen LogP contribution in [0.5, 0.6) is 0 Å². The Hall–Kier alpha value is -3.82. The number of anilines is 2. The molecule has 0 atom stereocenters. The lowest BCUT2D eigenvalue weighted by Crippen LogP contribution is -2.16. The van der Waals surface area contributed by atoms with Crippen LogP contribution in [0.1, 0.15) is 32.5 Å². The normalized spacial score (nSPS) is 11.1. The van der Waals surface area contributed by atoms with Gasteiger partial charge in [-0.15, -0.1) is 0 Å². The summed E-state index contributed by atoms with van der Waals surface area (Å²) in [6.07, 6.45) is 0. The molecule has 0 aliphatic heterocycles. The number of aryl methyl sites for hydroxylation is 1. The smallest absolute Gasteiger partial charge is 0.261 e. The van der Waals surface area contributed by atoms with E-state index in [1.807, 2.05) is 37.3 Å². The first-order chi connectivity index (χ1) is 16.2. The molecule has 0 aliphatic carbocycles. The van der Waals surface area contributed by atoms with E-state index in [4.69, 9.17) is 0 Å². The molecule has 2 N–H and O–H groups in total. The van der Waals surface area contributed by atoms with Gasteiger partial charge in [-0.1, -0.05) is 65.4 Å². The number of hydrogen-bond acceptors (Lipinski definition) is 6. The van der Waals surface area contributed by atoms with E-state index in [2.05, 4.69) is 15.0 Å². The van der Waals surface area contributed by atoms with Crippen LogP contribution in [0.4, 0.5) is 10.8 Å². The Morgan fingerprint density at radius 2 is 1.62 bits per heavy atom. The number of nitrogens with zero attached hydrogens (tertiary/aromatic N) is 1. The number of benzene rings is 3. The van der Waals surface area contributed by atoms with Gasteiger partial charge < -0.3 is 0 Å². The number of nitrogens with one attached hydrogen (secondary N) is 2. The summed E-state index contributed by atoms with van der Waals surface area (Å²) in [6, 6.07) is 21.9. The van der Waals surface area contributed by atoms with E-state index in [0.717, 1.165) is 22.5 Å². The second-order valence-electron chi connectivity index (χ2n) is 7.57. The van der Waals surface area contributed by atoms with Gasteiger partial charge in [0, 0.05) is 23.7 Å². The fourth-order valence-electron chi connectivity index (χ4n) is 3.21. The number of hydrogen-bond donors (Lipinski definition) is 2. The van der Waals surface area contributed by atoms with Crippen LogP contribution >= 0.6 is 11.3 Å². The van der Waals surface area contributed by atoms with Crippen LogP contribution in [-0.2, 0) is 10.0 Å². The fraction of sp³-hybridized carbons (Fsp3) is 0.0800. The molecule has 3 aromatic carbocycles. The standard InChI is InChI=1S/C25H21N3O4S2/c1-16-11-13-20(14-12-16)28-34(31,32)21-10-6-9-19(15-21)24(30)27-25-26-22(23(33-25)17(2)29)18-7-4-3-5-8-18/h3-15,28H,1-2H3,(H,26,27,30). The molecule has 0 radical (unpaired) electrons. The van der Waals surface area contributed by atoms with E-state index in [-0.39, 0.29) is 21.4 Å². The van der Waals surface area contributed by atoms with E-state index in [0.29, 0.717) is 16.3 Å². The molecule has 4 rings (SSSR count). The number of carbonyl (C=O) groups is 2. The van der Waals surface area contributed by atoms with Crippen molar-refractivity contribution in [1.82, 2.24) is 4.98 Å². The summed E-state index contributed by atoms with van der Waals surface area (Å²) in [7, 11) is -3.89. The van der Waals surface area contributed by atoms with Crippen LogP contribution in [0.25, 0.3) is 11.3 Å². The molecule has 0 aliphatic rings. The maximum atomic E-state index is 12.9. The Balaban J connectivity index is 1.57. The van der Waals surface area contributed by atoms with Gasteiger partial charge in [-0.3, -0.25) is 19.6 Å². The second kappa shape index (κ2) is 9.58. The van der Waals surface area contributed by atoms with Gasteiger partial charge in [-0.05, 0) is 37.3 Å². The van der Waals surface area contributed by atoms with Crippen molar-refractivity contribution in [3.05, 3.63) is 94.9 Å². The molecule has 4 aromatic rings. The largest absolute Gasteiger partial charge is 0.298 e. The monoisotopic (exact) mass is 491 g/mol. The third-order valence-corrected chi connectivity index (χ3v) is 7.38. The SMILES string of the molecule is CC(=O)c1sc(NC(=O)c2cccc(S(=O)(=O)Nc3ccc(C)cc3)c2)nc1-c1ccccc1. The Morgan fingerprint density at radius 3 is 2.29 bits per heavy atom. The van der Waals surface area contributed by atoms with Crippen molar-refractivity contribution in [2.24, 2.45) is 0 Å². The average molecular weight is 492 g/mol. The minimum atomic E-state index is -3.89. The molecular weight excluding hydrogens is 470 g/mol. The highest BCUT2D eigenvalue weighted by atomic mass is 32.2. The lowest BCUT2D eigenvalue weighted by atomic mass is 10.1. The third kappa shape index (κ3) is 5.22. The first kappa shape index (κ1) is 23.3. The first-order valence-electron chi connectivity index (χ1n) is 10.3. The predicted octanol–water partition coefficient (Wildman–Crippen LogP) is 5.37. The van der Waals surface area contributed by atoms with Crippen molar-refractivity contribution >= 4 is 43.9 Å². The molecular formula is C25H21N3O4S2. The molecule has 172 valence electrons. The summed E-state index contributed by atoms with van der Waals surface area (Å²) in [5.41, 5.74) is 2.83. The van der Waals surface area contributed by atoms with Gasteiger partial charge in [0.25, 0.3) is 15.9 Å². The second-order valence-corrected chi connectivity index (χ2v) is 10.3. The van der Waals surface area contributed by atoms with Crippen molar-refractivity contribution in [2.75, 3.05) is 10.0 Å². The first-order valence-corrected chi connectivity index (χ1v) is 12.6. The van der Waals surface area contributed by atoms with E-state index >= 15 is 0 Å². The Bertz CT molecular complexity index is 1460. The van der Waals surface area contributed by atoms with E-state index in [9.17, 15) is 18.0 Å². The van der Waals surface area contributed by atoms with Crippen LogP contribution in [-0.4, -0.2) is 25.1 Å². The van der Waals surface area contributed by atoms with Gasteiger partial charge in [-0.25, -0.2) is 13.4 Å². The molecule has 0 saturated carbocycles. The number of sulfonamides is 1. The lowest BCUT2D eigenvalue weighted by molar-refractivity contribution is 0.101. The average Bonchev–Trinajstić information content (AvgIpc) is 3.25. The van der Waals surface area contributed by atoms with Gasteiger partial charge in [0.15, 0.2) is 10.9 Å². The molecule has 0 saturated heterocycles. The van der Waals surface area contributed by atoms with Crippen molar-refractivity contribution in [1.29, 1.82) is 0 Å². The zero-order valence-electron chi connectivity index (χ0n) is 18.4. The number of Topliss-reactive ketones (excluding diaryl/α,β-unsaturated/α-hetero) is 1. The van der Waals surface area contributed by atoms with Gasteiger partial charge in [0.05, 0.1) is 15.5 Å². The van der Waals surface area contributed by atoms with Crippen molar-refractivity contribution in [3.8, 4) is 11.3 Å². The molecule has 1 heterocycles. The minimum Gasteiger partial charge on any atom is -0.298 e. The predicted molar refractivity (Wildman–Crippen MR) is 134 cm³/mol. The summed E-state index contributed by atoms with van der Waals surface area (Å²) < 4.78 is 28.1. The number of thiazole rings is 1. The summed E-state index contributed by atoms with van der Waals surface area (Å²) in [5, 5.41) is 2.93. The van der Waals surface area contributed by atoms with Gasteiger partial charge >= 0.3 is 0 Å². The number of amides is 1. The quantitative estimate of drug-likeness (QED) is 0.338. The van der Waals surface area contributed by atoms with Crippen LogP contribution < -0.4 is 10.0 Å². The minimum absolute atomic E-state index is 0.0470. The van der Waals surface area contributed by atoms with Crippen LogP contribution in [0, 0.1) is 6.92 Å². The van der Waals surface area contributed by atoms with Crippen LogP contribution in [0.3, 0.4) is 0 Å². The number of ketones is 1. The van der Waals surface area contributed by atoms with Crippen molar-refractivity contribution < 1.29 is 18.0 Å². The molecule has 9 heteroatoms. The fourth-order valence-corrected chi connectivity index (χ4v) is 5.20. The van der Waals surface area contributed by atoms with E-state index in [1.165, 1.54) is 31.2 Å². The maximum absolute atomic E-state index is 12.9. The molecule has 7 nitrogen and oxygen atoms in total. The molecule has 0 unspecified atom stereocenters. The lowest BCUT2D eigenvalue weighted by Gasteiger charge is -2.09. The zero-order valence-corrected chi connectivity index (χ0v) is 20.0. The number of rotatable bonds is 7. The summed E-state index contributed by atoms with van der Waals surface area (Å²) in [4.78, 5) is 29.8. The molecule has 0 spiro atoms. The molecule has 1 amide bonds. The van der Waals surface area contributed by atoms with Crippen molar-refractivity contribution in [3.63, 3.8) is 0 Å². The third-order valence-electron chi connectivity index (χ3n) is 4.92. The van der Waals surface area contributed by atoms with Gasteiger partial charge in [0.2, 0.25) is 0 Å². The summed E-state index contributed by atoms with van der Waals surface area (Å²) in [6.45, 7) is 3.35. The highest BCUT2D eigenvalue weighted by Crippen LogP contribution is 2.31. The summed E-state index contributed by atoms with van der Waals surface area (Å²) >= 11 is 1.07. The number of aromatic nitrogens is 1. The van der Waals surface area contributed by atoms with Gasteiger partial charge in [0.1, 0.15) is 0 Å². The van der Waals surface area contributed by atoms with Crippen LogP contribution in [0.15, 0.2) is 83.8 Å². The molecule has 1 aromatic heterocycles. The number of carbonyl (C=O) groups excluding carboxylic acids is 2. The molecule has 34 heavy (non-hydrogen) atoms. The van der Waals surface area contributed by atoms with Gasteiger partial charge in [-0.2, -0.15) is 0 Å². The van der Waals surface area contributed by atoms with E-state index in [1.54, 1.807) is 24.3 Å². The maximum Gasteiger partial charge on any atom is 0.261 e. The summed E-state index contributed by atoms with van der Waals surface area (Å²) in [5.74, 6) is -0.692. The zero-order chi connectivity index (χ0) is 24.3. The molecule has 0 fully saturated rings. The Morgan fingerprint density at radius 1 is 0.912 bits per heavy atom. The van der Waals surface area contributed by atoms with E-state index < -0.39 is 15.9 Å². The Labute approximate surface area is 201 Å². The molecule has 0 bridgehead atoms. The Kier molecular flexibility index (Phi) is 6.58. The van der Waals surface area contributed by atoms with Crippen LogP contribution in [0.2, 0.25) is 0 Å². The van der Waals surface area contributed by atoms with Crippen molar-refractivity contribution in [2.45, 2.75) is 18.7 Å². The highest BCUT2D eigenvalue weighted by Gasteiger charge is 2.20. The highest BCUT2D eigenvalue weighted by molar-refractivity contribution is 7.92.